The molecule has 2 fully saturated rings. The van der Waals surface area contributed by atoms with Crippen LogP contribution in [0.5, 0.6) is 0 Å². The average Bonchev–Trinajstić information content (AvgIpc) is 1.54. The largest absolute Gasteiger partial charge is 0.380 e. The van der Waals surface area contributed by atoms with Gasteiger partial charge in [-0.3, -0.25) is 0 Å². The number of hydrogen-bond acceptors (Lipinski definition) is 3. The highest BCUT2D eigenvalue weighted by molar-refractivity contribution is 8.45. The summed E-state index contributed by atoms with van der Waals surface area (Å²) in [6, 6.07) is 0. The third-order valence-electron chi connectivity index (χ3n) is 2.08. The maximum absolute atomic E-state index is 5.12. The van der Waals surface area contributed by atoms with Crippen molar-refractivity contribution in [3.05, 3.63) is 0 Å². The molecule has 0 aromatic rings. The van der Waals surface area contributed by atoms with Gasteiger partial charge < -0.3 is 4.74 Å². The first kappa shape index (κ1) is 7.36. The van der Waals surface area contributed by atoms with Crippen molar-refractivity contribution in [3.63, 3.8) is 0 Å². The molecule has 5 heteroatoms. The van der Waals surface area contributed by atoms with Crippen LogP contribution < -0.4 is 0 Å². The summed E-state index contributed by atoms with van der Waals surface area (Å²) < 4.78 is 7.32. The van der Waals surface area contributed by atoms with Gasteiger partial charge in [-0.05, 0) is 30.6 Å². The molecule has 0 aliphatic carbocycles. The van der Waals surface area contributed by atoms with E-state index in [1.54, 1.807) is 0 Å². The van der Waals surface area contributed by atoms with Crippen LogP contribution in [-0.4, -0.2) is 30.6 Å². The van der Waals surface area contributed by atoms with Crippen molar-refractivity contribution in [1.82, 2.24) is 4.31 Å². The molecular formula is C5H9NOS3. The lowest BCUT2D eigenvalue weighted by Crippen LogP contribution is -2.64. The Hall–Kier alpha value is 0.710. The number of ether oxygens (including phenoxy) is 1. The van der Waals surface area contributed by atoms with E-state index in [-0.39, 0.29) is 0 Å². The van der Waals surface area contributed by atoms with Gasteiger partial charge in [-0.2, -0.15) is 0 Å². The van der Waals surface area contributed by atoms with Crippen LogP contribution in [0.4, 0.5) is 0 Å². The standard InChI is InChI=1S/C5H9NOS3/c8-10(9)6-1-5(2-6)3-7-4-5/h10H,1-4H2. The molecule has 0 unspecified atom stereocenters. The molecule has 0 radical (unpaired) electrons. The zero-order valence-electron chi connectivity index (χ0n) is 5.45. The van der Waals surface area contributed by atoms with Gasteiger partial charge >= 0.3 is 0 Å². The number of hydrogen-bond donors (Lipinski definition) is 1. The summed E-state index contributed by atoms with van der Waals surface area (Å²) >= 11 is 9.98. The predicted molar refractivity (Wildman–Crippen MR) is 48.3 cm³/mol. The first-order valence-electron chi connectivity index (χ1n) is 3.19. The topological polar surface area (TPSA) is 12.5 Å². The summed E-state index contributed by atoms with van der Waals surface area (Å²) in [5, 5.41) is 0. The normalized spacial score (nSPS) is 30.1. The molecule has 0 aromatic heterocycles. The molecule has 2 aliphatic rings. The van der Waals surface area contributed by atoms with Gasteiger partial charge in [0.15, 0.2) is 0 Å². The van der Waals surface area contributed by atoms with Gasteiger partial charge in [-0.15, -0.1) is 0 Å². The summed E-state index contributed by atoms with van der Waals surface area (Å²) in [6.45, 7) is 4.03. The fourth-order valence-corrected chi connectivity index (χ4v) is 2.94. The molecular weight excluding hydrogens is 186 g/mol. The highest BCUT2D eigenvalue weighted by atomic mass is 33.1. The molecule has 0 N–H and O–H groups in total. The van der Waals surface area contributed by atoms with Crippen LogP contribution in [0.1, 0.15) is 0 Å². The lowest BCUT2D eigenvalue weighted by atomic mass is 9.80. The van der Waals surface area contributed by atoms with Gasteiger partial charge in [0, 0.05) is 18.5 Å². The molecule has 2 rings (SSSR count). The Bertz CT molecular complexity index is 205. The molecule has 0 bridgehead atoms. The second kappa shape index (κ2) is 2.35. The number of rotatable bonds is 1. The van der Waals surface area contributed by atoms with E-state index in [4.69, 9.17) is 27.1 Å². The van der Waals surface area contributed by atoms with Crippen molar-refractivity contribution >= 4 is 30.6 Å². The molecule has 2 nitrogen and oxygen atoms in total. The molecule has 2 aliphatic heterocycles. The van der Waals surface area contributed by atoms with E-state index in [0.717, 1.165) is 26.3 Å². The first-order chi connectivity index (χ1) is 4.72. The number of nitrogens with zero attached hydrogens (tertiary/aromatic N) is 1. The fourth-order valence-electron chi connectivity index (χ4n) is 1.42. The summed E-state index contributed by atoms with van der Waals surface area (Å²) in [4.78, 5) is 0. The highest BCUT2D eigenvalue weighted by Gasteiger charge is 2.48. The Balaban J connectivity index is 1.93. The predicted octanol–water partition coefficient (Wildman–Crippen LogP) is -0.492. The highest BCUT2D eigenvalue weighted by Crippen LogP contribution is 2.37. The van der Waals surface area contributed by atoms with E-state index >= 15 is 0 Å². The zero-order chi connectivity index (χ0) is 7.19. The minimum atomic E-state index is -0.661. The summed E-state index contributed by atoms with van der Waals surface area (Å²) in [5.41, 5.74) is 0.484. The number of thiol groups is 1. The maximum atomic E-state index is 5.12. The van der Waals surface area contributed by atoms with E-state index in [1.807, 2.05) is 0 Å². The molecule has 1 spiro atoms. The van der Waals surface area contributed by atoms with Crippen molar-refractivity contribution in [2.24, 2.45) is 5.41 Å². The summed E-state index contributed by atoms with van der Waals surface area (Å²) in [5.74, 6) is 0. The van der Waals surface area contributed by atoms with Crippen molar-refractivity contribution in [1.29, 1.82) is 0 Å². The monoisotopic (exact) mass is 195 g/mol. The van der Waals surface area contributed by atoms with E-state index in [9.17, 15) is 0 Å². The first-order valence-corrected chi connectivity index (χ1v) is 6.51. The van der Waals surface area contributed by atoms with Gasteiger partial charge in [0.25, 0.3) is 0 Å². The lowest BCUT2D eigenvalue weighted by molar-refractivity contribution is -0.164. The summed E-state index contributed by atoms with van der Waals surface area (Å²) in [6.07, 6.45) is 0. The molecule has 2 saturated heterocycles. The van der Waals surface area contributed by atoms with Crippen molar-refractivity contribution in [3.8, 4) is 0 Å². The van der Waals surface area contributed by atoms with E-state index in [1.165, 1.54) is 0 Å². The van der Waals surface area contributed by atoms with Gasteiger partial charge in [0.2, 0.25) is 0 Å². The van der Waals surface area contributed by atoms with Crippen LogP contribution in [-0.2, 0) is 35.3 Å². The Morgan fingerprint density at radius 3 is 2.20 bits per heavy atom. The van der Waals surface area contributed by atoms with Crippen LogP contribution in [0.25, 0.3) is 0 Å². The Morgan fingerprint density at radius 2 is 1.90 bits per heavy atom. The second-order valence-corrected chi connectivity index (χ2v) is 6.86. The molecule has 2 heterocycles. The SMILES string of the molecule is S=[SH](=S)N1CC2(COC2)C1. The maximum Gasteiger partial charge on any atom is 0.0570 e. The quantitative estimate of drug-likeness (QED) is 0.567. The van der Waals surface area contributed by atoms with E-state index in [0.29, 0.717) is 5.41 Å². The van der Waals surface area contributed by atoms with Crippen molar-refractivity contribution in [2.45, 2.75) is 0 Å². The molecule has 0 saturated carbocycles. The van der Waals surface area contributed by atoms with E-state index < -0.39 is 8.20 Å². The molecule has 58 valence electrons. The third kappa shape index (κ3) is 1.00. The third-order valence-corrected chi connectivity index (χ3v) is 4.21. The van der Waals surface area contributed by atoms with Gasteiger partial charge in [0.1, 0.15) is 0 Å². The van der Waals surface area contributed by atoms with Crippen molar-refractivity contribution < 1.29 is 4.74 Å². The van der Waals surface area contributed by atoms with Crippen LogP contribution in [0.15, 0.2) is 0 Å². The molecule has 0 aromatic carbocycles. The van der Waals surface area contributed by atoms with Gasteiger partial charge in [-0.25, -0.2) is 4.31 Å². The van der Waals surface area contributed by atoms with Crippen molar-refractivity contribution in [2.75, 3.05) is 26.3 Å². The molecule has 10 heavy (non-hydrogen) atoms. The Kier molecular flexibility index (Phi) is 1.73. The smallest absolute Gasteiger partial charge is 0.0570 e. The van der Waals surface area contributed by atoms with Gasteiger partial charge in [-0.1, -0.05) is 0 Å². The van der Waals surface area contributed by atoms with Crippen LogP contribution in [0.2, 0.25) is 0 Å². The zero-order valence-corrected chi connectivity index (χ0v) is 7.98. The fraction of sp³-hybridized carbons (Fsp3) is 1.00. The Morgan fingerprint density at radius 1 is 1.30 bits per heavy atom. The summed E-state index contributed by atoms with van der Waals surface area (Å²) in [7, 11) is -0.661. The Labute approximate surface area is 71.5 Å². The lowest BCUT2D eigenvalue weighted by Gasteiger charge is -2.53. The van der Waals surface area contributed by atoms with E-state index in [2.05, 4.69) is 4.31 Å². The molecule has 0 atom stereocenters. The van der Waals surface area contributed by atoms with Crippen LogP contribution in [0.3, 0.4) is 0 Å². The molecule has 0 amide bonds. The minimum Gasteiger partial charge on any atom is -0.380 e. The van der Waals surface area contributed by atoms with Gasteiger partial charge in [0.05, 0.1) is 13.2 Å². The second-order valence-electron chi connectivity index (χ2n) is 3.05. The average molecular weight is 195 g/mol. The van der Waals surface area contributed by atoms with Crippen LogP contribution >= 0.6 is 0 Å². The van der Waals surface area contributed by atoms with Crippen LogP contribution in [0, 0.1) is 5.41 Å². The minimum absolute atomic E-state index is 0.484.